The number of aliphatic hydroxyl groups is 1. The van der Waals surface area contributed by atoms with Crippen molar-refractivity contribution < 1.29 is 14.6 Å². The van der Waals surface area contributed by atoms with Crippen LogP contribution in [0.4, 0.5) is 4.39 Å². The Morgan fingerprint density at radius 1 is 1.33 bits per heavy atom. The number of rotatable bonds is 1. The molecule has 112 valence electrons. The molecule has 2 unspecified atom stereocenters. The second kappa shape index (κ2) is 4.10. The molecule has 21 heavy (non-hydrogen) atoms. The molecule has 0 spiro atoms. The Hall–Kier alpha value is -1.35. The molecule has 1 aromatic rings. The molecule has 0 bridgehead atoms. The van der Waals surface area contributed by atoms with E-state index in [1.54, 1.807) is 12.1 Å². The summed E-state index contributed by atoms with van der Waals surface area (Å²) < 4.78 is 14.2. The minimum absolute atomic E-state index is 0.0228. The van der Waals surface area contributed by atoms with Crippen LogP contribution in [0.2, 0.25) is 0 Å². The zero-order valence-electron chi connectivity index (χ0n) is 12.2. The molecule has 0 aliphatic heterocycles. The lowest BCUT2D eigenvalue weighted by Gasteiger charge is -2.40. The van der Waals surface area contributed by atoms with Gasteiger partial charge in [0.2, 0.25) is 0 Å². The number of hydrogen-bond donors (Lipinski definition) is 2. The molecule has 3 aliphatic carbocycles. The Labute approximate surface area is 124 Å². The Balaban J connectivity index is 1.70. The minimum atomic E-state index is -0.305. The van der Waals surface area contributed by atoms with Crippen LogP contribution in [0.5, 0.6) is 5.75 Å². The fourth-order valence-electron chi connectivity index (χ4n) is 5.22. The van der Waals surface area contributed by atoms with Gasteiger partial charge >= 0.3 is 0 Å². The first kappa shape index (κ1) is 13.3. The molecule has 3 heteroatoms. The molecule has 0 aromatic heterocycles. The van der Waals surface area contributed by atoms with Crippen molar-refractivity contribution in [1.82, 2.24) is 0 Å². The molecule has 6 atom stereocenters. The summed E-state index contributed by atoms with van der Waals surface area (Å²) in [5.41, 5.74) is 1.67. The fraction of sp³-hybridized carbons (Fsp3) is 0.556. The molecular weight excluding hydrogens is 267 g/mol. The first-order valence-electron chi connectivity index (χ1n) is 7.79. The van der Waals surface area contributed by atoms with E-state index < -0.39 is 0 Å². The van der Waals surface area contributed by atoms with Crippen molar-refractivity contribution in [2.24, 2.45) is 23.2 Å². The summed E-state index contributed by atoms with van der Waals surface area (Å²) in [6.45, 7) is 6.36. The van der Waals surface area contributed by atoms with Crippen molar-refractivity contribution in [1.29, 1.82) is 0 Å². The van der Waals surface area contributed by atoms with E-state index in [9.17, 15) is 14.6 Å². The molecule has 2 N–H and O–H groups in total. The summed E-state index contributed by atoms with van der Waals surface area (Å²) in [4.78, 5) is 0. The van der Waals surface area contributed by atoms with Gasteiger partial charge in [-0.15, -0.1) is 0 Å². The maximum Gasteiger partial charge on any atom is 0.130 e. The summed E-state index contributed by atoms with van der Waals surface area (Å²) in [5, 5.41) is 19.7. The standard InChI is InChI=1S/C18H21FO2/c1-9-7-12-16(11-4-3-10(20)8-14(11)19)17(12)13-5-6-15(21)18(9,13)2/h3-4,8,12-13,15-17,20-21H,1,5-7H2,2H3/t12?,13-,15+,16?,17+,18+/m1/s1. The van der Waals surface area contributed by atoms with Gasteiger partial charge in [-0.1, -0.05) is 25.1 Å². The number of fused-ring (bicyclic) bond motifs is 3. The first-order valence-corrected chi connectivity index (χ1v) is 7.79. The third-order valence-electron chi connectivity index (χ3n) is 6.49. The normalized spacial score (nSPS) is 44.3. The number of phenolic OH excluding ortho intramolecular Hbond substituents is 1. The molecule has 0 heterocycles. The largest absolute Gasteiger partial charge is 0.508 e. The number of aromatic hydroxyl groups is 1. The molecule has 0 saturated heterocycles. The Kier molecular flexibility index (Phi) is 2.60. The van der Waals surface area contributed by atoms with Crippen molar-refractivity contribution in [3.8, 4) is 5.75 Å². The van der Waals surface area contributed by atoms with E-state index in [0.717, 1.165) is 30.4 Å². The molecule has 3 saturated carbocycles. The van der Waals surface area contributed by atoms with Crippen molar-refractivity contribution in [2.75, 3.05) is 0 Å². The van der Waals surface area contributed by atoms with Gasteiger partial charge in [-0.25, -0.2) is 4.39 Å². The third-order valence-corrected chi connectivity index (χ3v) is 6.49. The third kappa shape index (κ3) is 1.61. The summed E-state index contributed by atoms with van der Waals surface area (Å²) >= 11 is 0. The van der Waals surface area contributed by atoms with Crippen molar-refractivity contribution in [3.63, 3.8) is 0 Å². The molecule has 4 rings (SSSR count). The highest BCUT2D eigenvalue weighted by molar-refractivity contribution is 5.39. The van der Waals surface area contributed by atoms with Gasteiger partial charge in [-0.05, 0) is 54.6 Å². The van der Waals surface area contributed by atoms with E-state index in [1.807, 2.05) is 0 Å². The number of benzene rings is 1. The monoisotopic (exact) mass is 288 g/mol. The fourth-order valence-corrected chi connectivity index (χ4v) is 5.22. The van der Waals surface area contributed by atoms with Crippen molar-refractivity contribution in [3.05, 3.63) is 41.7 Å². The molecule has 1 aromatic carbocycles. The van der Waals surface area contributed by atoms with Crippen molar-refractivity contribution in [2.45, 2.75) is 38.2 Å². The molecule has 3 aliphatic rings. The molecule has 0 radical (unpaired) electrons. The van der Waals surface area contributed by atoms with E-state index in [2.05, 4.69) is 13.5 Å². The van der Waals surface area contributed by atoms with Crippen LogP contribution in [0.25, 0.3) is 0 Å². The van der Waals surface area contributed by atoms with Crippen LogP contribution >= 0.6 is 0 Å². The average Bonchev–Trinajstić information content (AvgIpc) is 3.02. The summed E-state index contributed by atoms with van der Waals surface area (Å²) in [5.74, 6) is 1.22. The predicted octanol–water partition coefficient (Wildman–Crippen LogP) is 3.60. The second-order valence-electron chi connectivity index (χ2n) is 7.26. The van der Waals surface area contributed by atoms with Gasteiger partial charge in [-0.3, -0.25) is 0 Å². The predicted molar refractivity (Wildman–Crippen MR) is 78.4 cm³/mol. The van der Waals surface area contributed by atoms with Gasteiger partial charge in [0, 0.05) is 11.5 Å². The number of hydrogen-bond acceptors (Lipinski definition) is 2. The highest BCUT2D eigenvalue weighted by atomic mass is 19.1. The smallest absolute Gasteiger partial charge is 0.130 e. The van der Waals surface area contributed by atoms with Crippen LogP contribution < -0.4 is 0 Å². The summed E-state index contributed by atoms with van der Waals surface area (Å²) in [6.07, 6.45) is 2.42. The lowest BCUT2D eigenvalue weighted by Crippen LogP contribution is -2.38. The maximum absolute atomic E-state index is 14.2. The van der Waals surface area contributed by atoms with Crippen LogP contribution in [0.3, 0.4) is 0 Å². The zero-order valence-corrected chi connectivity index (χ0v) is 12.2. The van der Waals surface area contributed by atoms with Gasteiger partial charge in [0.25, 0.3) is 0 Å². The molecule has 2 nitrogen and oxygen atoms in total. The molecule has 3 fully saturated rings. The van der Waals surface area contributed by atoms with Crippen LogP contribution in [-0.4, -0.2) is 16.3 Å². The summed E-state index contributed by atoms with van der Waals surface area (Å²) in [6, 6.07) is 4.50. The minimum Gasteiger partial charge on any atom is -0.508 e. The number of phenols is 1. The summed E-state index contributed by atoms with van der Waals surface area (Å²) in [7, 11) is 0. The topological polar surface area (TPSA) is 40.5 Å². The van der Waals surface area contributed by atoms with E-state index >= 15 is 0 Å². The van der Waals surface area contributed by atoms with Crippen LogP contribution in [0.1, 0.15) is 37.7 Å². The Bertz CT molecular complexity index is 626. The lowest BCUT2D eigenvalue weighted by molar-refractivity contribution is 0.0490. The van der Waals surface area contributed by atoms with E-state index in [1.165, 1.54) is 6.07 Å². The maximum atomic E-state index is 14.2. The Morgan fingerprint density at radius 2 is 2.10 bits per heavy atom. The highest BCUT2D eigenvalue weighted by Gasteiger charge is 2.66. The molecule has 0 amide bonds. The zero-order chi connectivity index (χ0) is 14.9. The molecular formula is C18H21FO2. The van der Waals surface area contributed by atoms with Gasteiger partial charge in [0.1, 0.15) is 11.6 Å². The first-order chi connectivity index (χ1) is 9.94. The van der Waals surface area contributed by atoms with Gasteiger partial charge < -0.3 is 10.2 Å². The van der Waals surface area contributed by atoms with Crippen LogP contribution in [0.15, 0.2) is 30.4 Å². The van der Waals surface area contributed by atoms with Crippen molar-refractivity contribution >= 4 is 0 Å². The quantitative estimate of drug-likeness (QED) is 0.775. The SMILES string of the molecule is C=C1CC2C(c3ccc(O)cc3F)[C@@H]2[C@H]2CC[C@H](O)[C@@]12C. The van der Waals surface area contributed by atoms with E-state index in [4.69, 9.17) is 0 Å². The van der Waals surface area contributed by atoms with Crippen LogP contribution in [-0.2, 0) is 0 Å². The Morgan fingerprint density at radius 3 is 2.81 bits per heavy atom. The van der Waals surface area contributed by atoms with Gasteiger partial charge in [-0.2, -0.15) is 0 Å². The number of aliphatic hydroxyl groups excluding tert-OH is 1. The highest BCUT2D eigenvalue weighted by Crippen LogP contribution is 2.72. The average molecular weight is 288 g/mol. The lowest BCUT2D eigenvalue weighted by atomic mass is 9.65. The van der Waals surface area contributed by atoms with Crippen LogP contribution in [0, 0.1) is 29.0 Å². The van der Waals surface area contributed by atoms with Gasteiger partial charge in [0.05, 0.1) is 6.10 Å². The second-order valence-corrected chi connectivity index (χ2v) is 7.26. The van der Waals surface area contributed by atoms with Gasteiger partial charge in [0.15, 0.2) is 0 Å². The number of halogens is 1. The van der Waals surface area contributed by atoms with E-state index in [-0.39, 0.29) is 29.0 Å². The van der Waals surface area contributed by atoms with E-state index in [0.29, 0.717) is 17.8 Å².